The van der Waals surface area contributed by atoms with E-state index in [4.69, 9.17) is 15.2 Å². The van der Waals surface area contributed by atoms with Crippen molar-refractivity contribution in [3.05, 3.63) is 81.7 Å². The molecule has 2 aromatic carbocycles. The van der Waals surface area contributed by atoms with E-state index in [1.54, 1.807) is 10.7 Å². The third kappa shape index (κ3) is 8.12. The minimum atomic E-state index is -0.789. The number of para-hydroxylation sites is 2. The summed E-state index contributed by atoms with van der Waals surface area (Å²) in [5.41, 5.74) is 8.01. The number of nitrogens with two attached hydrogens (primary N) is 1. The molecule has 15 nitrogen and oxygen atoms in total. The lowest BCUT2D eigenvalue weighted by Crippen LogP contribution is -2.37. The van der Waals surface area contributed by atoms with Crippen LogP contribution in [0, 0.1) is 17.0 Å². The molecule has 2 aromatic heterocycles. The summed E-state index contributed by atoms with van der Waals surface area (Å²) in [5, 5.41) is 22.4. The number of hydrogen-bond acceptors (Lipinski definition) is 10. The van der Waals surface area contributed by atoms with Crippen LogP contribution < -0.4 is 21.1 Å². The van der Waals surface area contributed by atoms with Gasteiger partial charge in [0.2, 0.25) is 11.9 Å². The number of nitro benzene ring substituents is 1. The molecule has 5 rings (SSSR count). The number of hydrogen-bond donors (Lipinski definition) is 3. The minimum absolute atomic E-state index is 0.0142. The monoisotopic (exact) mass is 645 g/mol. The Morgan fingerprint density at radius 3 is 2.70 bits per heavy atom. The lowest BCUT2D eigenvalue weighted by Gasteiger charge is -2.26. The maximum absolute atomic E-state index is 13.2. The van der Waals surface area contributed by atoms with E-state index in [9.17, 15) is 19.7 Å². The number of imidazole rings is 1. The Bertz CT molecular complexity index is 1770. The second-order valence-corrected chi connectivity index (χ2v) is 11.0. The molecule has 1 aliphatic rings. The van der Waals surface area contributed by atoms with E-state index in [-0.39, 0.29) is 35.1 Å². The molecule has 47 heavy (non-hydrogen) atoms. The van der Waals surface area contributed by atoms with Crippen LogP contribution in [0.15, 0.2) is 54.6 Å². The van der Waals surface area contributed by atoms with Gasteiger partial charge in [0.05, 0.1) is 41.5 Å². The van der Waals surface area contributed by atoms with Gasteiger partial charge in [0.15, 0.2) is 5.69 Å². The predicted molar refractivity (Wildman–Crippen MR) is 177 cm³/mol. The Balaban J connectivity index is 1.29. The third-order valence-electron chi connectivity index (χ3n) is 7.71. The fraction of sp³-hybridized carbons (Fsp3) is 0.375. The highest BCUT2D eigenvalue weighted by Crippen LogP contribution is 2.36. The molecule has 4 N–H and O–H groups in total. The first-order valence-corrected chi connectivity index (χ1v) is 15.5. The lowest BCUT2D eigenvalue weighted by atomic mass is 10.1. The first kappa shape index (κ1) is 33.1. The van der Waals surface area contributed by atoms with Crippen LogP contribution in [0.1, 0.15) is 39.9 Å². The average Bonchev–Trinajstić information content (AvgIpc) is 3.62. The van der Waals surface area contributed by atoms with Gasteiger partial charge < -0.3 is 25.1 Å². The average molecular weight is 646 g/mol. The molecule has 248 valence electrons. The molecular formula is C32H39N9O6. The smallest absolute Gasteiger partial charge is 0.296 e. The summed E-state index contributed by atoms with van der Waals surface area (Å²) in [5.74, 6) is -0.558. The molecule has 0 radical (unpaired) electrons. The number of carbonyl (C=O) groups excluding carboxylic acids is 2. The topological polar surface area (TPSA) is 185 Å². The molecule has 0 saturated carbocycles. The quantitative estimate of drug-likeness (QED) is 0.0747. The predicted octanol–water partition coefficient (Wildman–Crippen LogP) is 3.59. The standard InChI is InChI=1S/C32H39N9O6/c1-3-40-27(19-22(2)37-40)31(43)36-32-35-24-9-4-5-10-25(24)39(32)13-7-6-11-34-29-26(41(44)45)20-23(30(33)42)21-28(29)47-16-8-12-38-14-17-46-18-15-38/h4-7,9-10,19-21,34H,3,8,11-18H2,1-2H3,(H2,33,42)(H,35,36,43). The number of nitrogens with zero attached hydrogens (tertiary/aromatic N) is 6. The van der Waals surface area contributed by atoms with Gasteiger partial charge in [0, 0.05) is 50.9 Å². The van der Waals surface area contributed by atoms with Crippen molar-refractivity contribution in [2.24, 2.45) is 5.73 Å². The largest absolute Gasteiger partial charge is 0.491 e. The Hall–Kier alpha value is -5.28. The van der Waals surface area contributed by atoms with Gasteiger partial charge in [0.1, 0.15) is 11.4 Å². The number of allylic oxidation sites excluding steroid dienone is 1. The van der Waals surface area contributed by atoms with Crippen LogP contribution in [0.5, 0.6) is 5.75 Å². The van der Waals surface area contributed by atoms with Gasteiger partial charge in [-0.25, -0.2) is 4.98 Å². The van der Waals surface area contributed by atoms with Crippen molar-refractivity contribution in [3.8, 4) is 5.75 Å². The fourth-order valence-corrected chi connectivity index (χ4v) is 5.39. The Labute approximate surface area is 271 Å². The summed E-state index contributed by atoms with van der Waals surface area (Å²) < 4.78 is 14.9. The number of primary amides is 1. The molecule has 1 aliphatic heterocycles. The van der Waals surface area contributed by atoms with E-state index in [1.165, 1.54) is 6.07 Å². The first-order chi connectivity index (χ1) is 22.7. The number of fused-ring (bicyclic) bond motifs is 1. The molecule has 0 aliphatic carbocycles. The van der Waals surface area contributed by atoms with E-state index < -0.39 is 10.8 Å². The SMILES string of the molecule is CCn1nc(C)cc1C(=O)Nc1nc2ccccc2n1CC=CCNc1c(OCCCN2CCOCC2)cc(C(N)=O)cc1[N+](=O)[O-]. The van der Waals surface area contributed by atoms with Gasteiger partial charge in [-0.15, -0.1) is 0 Å². The van der Waals surface area contributed by atoms with Gasteiger partial charge in [-0.1, -0.05) is 24.3 Å². The molecular weight excluding hydrogens is 606 g/mol. The van der Waals surface area contributed by atoms with Gasteiger partial charge >= 0.3 is 0 Å². The van der Waals surface area contributed by atoms with Gasteiger partial charge in [0.25, 0.3) is 11.6 Å². The summed E-state index contributed by atoms with van der Waals surface area (Å²) in [6.07, 6.45) is 4.36. The van der Waals surface area contributed by atoms with Crippen molar-refractivity contribution in [1.29, 1.82) is 0 Å². The molecule has 4 aromatic rings. The highest BCUT2D eigenvalue weighted by atomic mass is 16.6. The zero-order valence-electron chi connectivity index (χ0n) is 26.5. The number of aryl methyl sites for hydroxylation is 2. The fourth-order valence-electron chi connectivity index (χ4n) is 5.39. The van der Waals surface area contributed by atoms with Crippen molar-refractivity contribution in [3.63, 3.8) is 0 Å². The van der Waals surface area contributed by atoms with Crippen molar-refractivity contribution >= 4 is 40.2 Å². The number of anilines is 2. The van der Waals surface area contributed by atoms with Gasteiger partial charge in [-0.3, -0.25) is 34.6 Å². The normalized spacial score (nSPS) is 13.7. The molecule has 0 atom stereocenters. The molecule has 2 amide bonds. The lowest BCUT2D eigenvalue weighted by molar-refractivity contribution is -0.384. The van der Waals surface area contributed by atoms with Crippen LogP contribution in [0.4, 0.5) is 17.3 Å². The van der Waals surface area contributed by atoms with E-state index in [2.05, 4.69) is 25.6 Å². The van der Waals surface area contributed by atoms with E-state index in [1.807, 2.05) is 54.8 Å². The Kier molecular flexibility index (Phi) is 10.8. The number of morpholine rings is 1. The van der Waals surface area contributed by atoms with Gasteiger partial charge in [-0.05, 0) is 44.5 Å². The van der Waals surface area contributed by atoms with Crippen molar-refractivity contribution < 1.29 is 24.0 Å². The Morgan fingerprint density at radius 2 is 1.96 bits per heavy atom. The summed E-state index contributed by atoms with van der Waals surface area (Å²) in [6, 6.07) is 11.8. The van der Waals surface area contributed by atoms with Crippen LogP contribution in [-0.2, 0) is 17.8 Å². The number of benzene rings is 2. The molecule has 15 heteroatoms. The number of nitro groups is 1. The van der Waals surface area contributed by atoms with Crippen LogP contribution in [0.3, 0.4) is 0 Å². The highest BCUT2D eigenvalue weighted by molar-refractivity contribution is 6.03. The first-order valence-electron chi connectivity index (χ1n) is 15.5. The van der Waals surface area contributed by atoms with E-state index in [0.29, 0.717) is 51.0 Å². The summed E-state index contributed by atoms with van der Waals surface area (Å²) in [4.78, 5) is 43.4. The number of ether oxygens (including phenoxy) is 2. The van der Waals surface area contributed by atoms with Gasteiger partial charge in [-0.2, -0.15) is 5.10 Å². The van der Waals surface area contributed by atoms with Crippen LogP contribution >= 0.6 is 0 Å². The van der Waals surface area contributed by atoms with Crippen molar-refractivity contribution in [2.45, 2.75) is 33.4 Å². The van der Waals surface area contributed by atoms with E-state index >= 15 is 0 Å². The third-order valence-corrected chi connectivity index (χ3v) is 7.71. The highest BCUT2D eigenvalue weighted by Gasteiger charge is 2.23. The van der Waals surface area contributed by atoms with Crippen LogP contribution in [-0.4, -0.2) is 87.0 Å². The second-order valence-electron chi connectivity index (χ2n) is 11.0. The number of rotatable bonds is 15. The number of aromatic nitrogens is 4. The minimum Gasteiger partial charge on any atom is -0.491 e. The zero-order chi connectivity index (χ0) is 33.3. The van der Waals surface area contributed by atoms with E-state index in [0.717, 1.165) is 42.4 Å². The summed E-state index contributed by atoms with van der Waals surface area (Å²) in [6.45, 7) is 9.01. The van der Waals surface area contributed by atoms with Crippen molar-refractivity contribution in [2.75, 3.05) is 56.6 Å². The number of carbonyl (C=O) groups is 2. The maximum Gasteiger partial charge on any atom is 0.296 e. The molecule has 3 heterocycles. The summed E-state index contributed by atoms with van der Waals surface area (Å²) in [7, 11) is 0. The molecule has 0 spiro atoms. The van der Waals surface area contributed by atoms with Crippen molar-refractivity contribution in [1.82, 2.24) is 24.2 Å². The number of amides is 2. The van der Waals surface area contributed by atoms with Crippen LogP contribution in [0.25, 0.3) is 11.0 Å². The molecule has 1 saturated heterocycles. The summed E-state index contributed by atoms with van der Waals surface area (Å²) >= 11 is 0. The maximum atomic E-state index is 13.2. The number of nitrogens with one attached hydrogen (secondary N) is 2. The molecule has 0 bridgehead atoms. The zero-order valence-corrected chi connectivity index (χ0v) is 26.5. The molecule has 1 fully saturated rings. The Morgan fingerprint density at radius 1 is 1.17 bits per heavy atom. The van der Waals surface area contributed by atoms with Crippen LogP contribution in [0.2, 0.25) is 0 Å². The second kappa shape index (κ2) is 15.3. The molecule has 0 unspecified atom stereocenters.